The Balaban J connectivity index is 2.59. The standard InChI is InChI=1S/C11H23NO2/c1-10(2,3)12-6-7-14-11(4,8-12)9-13-5/h6-9H2,1-5H3/t11-/m0/s1. The molecule has 1 aliphatic heterocycles. The highest BCUT2D eigenvalue weighted by atomic mass is 16.5. The highest BCUT2D eigenvalue weighted by molar-refractivity contribution is 4.88. The van der Waals surface area contributed by atoms with Crippen molar-refractivity contribution in [2.24, 2.45) is 0 Å². The number of morpholine rings is 1. The Morgan fingerprint density at radius 1 is 1.43 bits per heavy atom. The van der Waals surface area contributed by atoms with Gasteiger partial charge >= 0.3 is 0 Å². The van der Waals surface area contributed by atoms with E-state index in [0.29, 0.717) is 6.61 Å². The minimum absolute atomic E-state index is 0.139. The van der Waals surface area contributed by atoms with E-state index in [1.165, 1.54) is 0 Å². The van der Waals surface area contributed by atoms with E-state index in [1.54, 1.807) is 7.11 Å². The van der Waals surface area contributed by atoms with Crippen LogP contribution in [0.1, 0.15) is 27.7 Å². The Hall–Kier alpha value is -0.120. The predicted octanol–water partition coefficient (Wildman–Crippen LogP) is 1.52. The molecule has 1 aliphatic rings. The topological polar surface area (TPSA) is 21.7 Å². The van der Waals surface area contributed by atoms with Gasteiger partial charge in [0, 0.05) is 25.7 Å². The molecular weight excluding hydrogens is 178 g/mol. The van der Waals surface area contributed by atoms with Crippen molar-refractivity contribution in [3.8, 4) is 0 Å². The Morgan fingerprint density at radius 2 is 2.07 bits per heavy atom. The van der Waals surface area contributed by atoms with Crippen molar-refractivity contribution in [3.63, 3.8) is 0 Å². The molecule has 0 aromatic carbocycles. The van der Waals surface area contributed by atoms with Crippen molar-refractivity contribution in [1.29, 1.82) is 0 Å². The zero-order valence-electron chi connectivity index (χ0n) is 10.1. The average molecular weight is 201 g/mol. The molecule has 3 nitrogen and oxygen atoms in total. The SMILES string of the molecule is COC[C@]1(C)CN(C(C)(C)C)CCO1. The molecule has 0 saturated carbocycles. The van der Waals surface area contributed by atoms with E-state index in [0.717, 1.165) is 19.7 Å². The molecule has 14 heavy (non-hydrogen) atoms. The van der Waals surface area contributed by atoms with Crippen molar-refractivity contribution in [3.05, 3.63) is 0 Å². The largest absolute Gasteiger partial charge is 0.382 e. The summed E-state index contributed by atoms with van der Waals surface area (Å²) in [5.74, 6) is 0. The fourth-order valence-electron chi connectivity index (χ4n) is 1.90. The number of hydrogen-bond donors (Lipinski definition) is 0. The Labute approximate surface area is 87.4 Å². The quantitative estimate of drug-likeness (QED) is 0.676. The highest BCUT2D eigenvalue weighted by Crippen LogP contribution is 2.23. The van der Waals surface area contributed by atoms with Crippen LogP contribution in [0.4, 0.5) is 0 Å². The molecule has 0 aromatic rings. The van der Waals surface area contributed by atoms with E-state index in [1.807, 2.05) is 0 Å². The lowest BCUT2D eigenvalue weighted by Crippen LogP contribution is -2.57. The van der Waals surface area contributed by atoms with Gasteiger partial charge in [0.05, 0.1) is 13.2 Å². The molecule has 0 radical (unpaired) electrons. The van der Waals surface area contributed by atoms with Gasteiger partial charge in [0.1, 0.15) is 5.60 Å². The van der Waals surface area contributed by atoms with Gasteiger partial charge in [-0.3, -0.25) is 4.90 Å². The molecule has 0 N–H and O–H groups in total. The van der Waals surface area contributed by atoms with Crippen LogP contribution in [0, 0.1) is 0 Å². The van der Waals surface area contributed by atoms with Crippen LogP contribution in [0.15, 0.2) is 0 Å². The summed E-state index contributed by atoms with van der Waals surface area (Å²) in [5, 5.41) is 0. The first kappa shape index (κ1) is 12.0. The highest BCUT2D eigenvalue weighted by Gasteiger charge is 2.36. The van der Waals surface area contributed by atoms with Crippen LogP contribution in [-0.4, -0.2) is 49.5 Å². The summed E-state index contributed by atoms with van der Waals surface area (Å²) in [6.45, 7) is 12.3. The number of methoxy groups -OCH3 is 1. The molecule has 1 saturated heterocycles. The zero-order chi connectivity index (χ0) is 10.8. The zero-order valence-corrected chi connectivity index (χ0v) is 10.1. The molecule has 0 amide bonds. The van der Waals surface area contributed by atoms with Crippen LogP contribution in [0.25, 0.3) is 0 Å². The monoisotopic (exact) mass is 201 g/mol. The first-order chi connectivity index (χ1) is 6.37. The minimum atomic E-state index is -0.139. The smallest absolute Gasteiger partial charge is 0.101 e. The van der Waals surface area contributed by atoms with Crippen LogP contribution in [-0.2, 0) is 9.47 Å². The van der Waals surface area contributed by atoms with Crippen LogP contribution < -0.4 is 0 Å². The molecule has 0 aliphatic carbocycles. The number of ether oxygens (including phenoxy) is 2. The Kier molecular flexibility index (Phi) is 3.56. The van der Waals surface area contributed by atoms with Crippen molar-refractivity contribution in [2.45, 2.75) is 38.8 Å². The summed E-state index contributed by atoms with van der Waals surface area (Å²) in [5.41, 5.74) is 0.0824. The van der Waals surface area contributed by atoms with Gasteiger partial charge in [0.15, 0.2) is 0 Å². The molecule has 84 valence electrons. The van der Waals surface area contributed by atoms with Crippen LogP contribution in [0.2, 0.25) is 0 Å². The fraction of sp³-hybridized carbons (Fsp3) is 1.00. The first-order valence-electron chi connectivity index (χ1n) is 5.25. The van der Waals surface area contributed by atoms with Crippen molar-refractivity contribution in [1.82, 2.24) is 4.90 Å². The third-order valence-corrected chi connectivity index (χ3v) is 2.74. The second kappa shape index (κ2) is 4.17. The van der Waals surface area contributed by atoms with Gasteiger partial charge < -0.3 is 9.47 Å². The molecule has 1 heterocycles. The molecule has 0 bridgehead atoms. The van der Waals surface area contributed by atoms with Gasteiger partial charge in [-0.15, -0.1) is 0 Å². The lowest BCUT2D eigenvalue weighted by molar-refractivity contribution is -0.144. The summed E-state index contributed by atoms with van der Waals surface area (Å²) < 4.78 is 11.0. The van der Waals surface area contributed by atoms with Crippen LogP contribution >= 0.6 is 0 Å². The third-order valence-electron chi connectivity index (χ3n) is 2.74. The Bertz CT molecular complexity index is 184. The van der Waals surface area contributed by atoms with Gasteiger partial charge in [-0.05, 0) is 27.7 Å². The van der Waals surface area contributed by atoms with E-state index in [-0.39, 0.29) is 11.1 Å². The lowest BCUT2D eigenvalue weighted by Gasteiger charge is -2.46. The maximum atomic E-state index is 5.76. The summed E-state index contributed by atoms with van der Waals surface area (Å²) in [6, 6.07) is 0. The molecular formula is C11H23NO2. The fourth-order valence-corrected chi connectivity index (χ4v) is 1.90. The summed E-state index contributed by atoms with van der Waals surface area (Å²) in [7, 11) is 1.73. The lowest BCUT2D eigenvalue weighted by atomic mass is 9.99. The van der Waals surface area contributed by atoms with Gasteiger partial charge in [0.2, 0.25) is 0 Å². The first-order valence-corrected chi connectivity index (χ1v) is 5.25. The van der Waals surface area contributed by atoms with E-state index >= 15 is 0 Å². The molecule has 0 spiro atoms. The molecule has 0 aromatic heterocycles. The van der Waals surface area contributed by atoms with Crippen molar-refractivity contribution >= 4 is 0 Å². The number of nitrogens with zero attached hydrogens (tertiary/aromatic N) is 1. The Morgan fingerprint density at radius 3 is 2.57 bits per heavy atom. The van der Waals surface area contributed by atoms with Gasteiger partial charge in [-0.1, -0.05) is 0 Å². The van der Waals surface area contributed by atoms with E-state index in [4.69, 9.17) is 9.47 Å². The van der Waals surface area contributed by atoms with Crippen molar-refractivity contribution < 1.29 is 9.47 Å². The van der Waals surface area contributed by atoms with E-state index in [2.05, 4.69) is 32.6 Å². The van der Waals surface area contributed by atoms with Crippen LogP contribution in [0.3, 0.4) is 0 Å². The maximum absolute atomic E-state index is 5.76. The van der Waals surface area contributed by atoms with E-state index in [9.17, 15) is 0 Å². The molecule has 1 atom stereocenters. The minimum Gasteiger partial charge on any atom is -0.382 e. The predicted molar refractivity (Wildman–Crippen MR) is 57.6 cm³/mol. The maximum Gasteiger partial charge on any atom is 0.101 e. The second-order valence-corrected chi connectivity index (χ2v) is 5.32. The summed E-state index contributed by atoms with van der Waals surface area (Å²) in [4.78, 5) is 2.45. The van der Waals surface area contributed by atoms with Crippen LogP contribution in [0.5, 0.6) is 0 Å². The van der Waals surface area contributed by atoms with Gasteiger partial charge in [0.25, 0.3) is 0 Å². The third kappa shape index (κ3) is 2.94. The summed E-state index contributed by atoms with van der Waals surface area (Å²) >= 11 is 0. The summed E-state index contributed by atoms with van der Waals surface area (Å²) in [6.07, 6.45) is 0. The van der Waals surface area contributed by atoms with Gasteiger partial charge in [-0.25, -0.2) is 0 Å². The van der Waals surface area contributed by atoms with Gasteiger partial charge in [-0.2, -0.15) is 0 Å². The normalized spacial score (nSPS) is 30.6. The second-order valence-electron chi connectivity index (χ2n) is 5.32. The molecule has 3 heteroatoms. The molecule has 1 fully saturated rings. The average Bonchev–Trinajstić information content (AvgIpc) is 2.02. The van der Waals surface area contributed by atoms with E-state index < -0.39 is 0 Å². The van der Waals surface area contributed by atoms with Crippen molar-refractivity contribution in [2.75, 3.05) is 33.4 Å². The number of rotatable bonds is 2. The number of hydrogen-bond acceptors (Lipinski definition) is 3. The molecule has 1 rings (SSSR count). The molecule has 0 unspecified atom stereocenters.